The number of nitrogens with one attached hydrogen (secondary N) is 3. The van der Waals surface area contributed by atoms with E-state index in [1.54, 1.807) is 0 Å². The van der Waals surface area contributed by atoms with Gasteiger partial charge in [-0.05, 0) is 38.0 Å². The van der Waals surface area contributed by atoms with Crippen LogP contribution in [0.2, 0.25) is 0 Å². The number of aliphatic carboxylic acids is 1. The minimum atomic E-state index is -2.08. The number of amides is 3. The number of carboxylic acid groups (broad SMARTS) is 1. The zero-order valence-electron chi connectivity index (χ0n) is 34.2. The Morgan fingerprint density at radius 3 is 2.03 bits per heavy atom. The van der Waals surface area contributed by atoms with Crippen molar-refractivity contribution in [3.8, 4) is 0 Å². The van der Waals surface area contributed by atoms with Crippen molar-refractivity contribution in [2.75, 3.05) is 38.7 Å². The molecule has 0 aromatic rings. The molecule has 5 saturated heterocycles. The Balaban J connectivity index is 0.00000845. The number of carbonyl (C=O) groups is 3. The van der Waals surface area contributed by atoms with E-state index in [9.17, 15) is 70.6 Å². The molecule has 26 heteroatoms. The summed E-state index contributed by atoms with van der Waals surface area (Å²) in [7, 11) is 0. The van der Waals surface area contributed by atoms with Gasteiger partial charge in [-0.2, -0.15) is 11.8 Å². The van der Waals surface area contributed by atoms with Crippen LogP contribution in [0.4, 0.5) is 4.79 Å². The first kappa shape index (κ1) is 53.0. The second kappa shape index (κ2) is 25.4. The Morgan fingerprint density at radius 2 is 1.39 bits per heavy atom. The third kappa shape index (κ3) is 13.7. The molecule has 0 bridgehead atoms. The van der Waals surface area contributed by atoms with Crippen LogP contribution in [0, 0.1) is 0 Å². The average molecular weight is 923 g/mol. The molecule has 5 aliphatic rings. The molecule has 5 aliphatic heterocycles. The van der Waals surface area contributed by atoms with E-state index in [0.29, 0.717) is 37.5 Å². The van der Waals surface area contributed by atoms with Gasteiger partial charge in [0.05, 0.1) is 31.9 Å². The Bertz CT molecular complexity index is 1460. The number of rotatable bonds is 22. The van der Waals surface area contributed by atoms with Crippen LogP contribution in [0.25, 0.3) is 0 Å². The Morgan fingerprint density at radius 1 is 0.774 bits per heavy atom. The minimum absolute atomic E-state index is 0. The van der Waals surface area contributed by atoms with Crippen molar-refractivity contribution in [1.29, 1.82) is 0 Å². The van der Waals surface area contributed by atoms with Crippen LogP contribution in [0.15, 0.2) is 4.99 Å². The summed E-state index contributed by atoms with van der Waals surface area (Å²) in [5.74, 6) is -1.28. The zero-order valence-corrected chi connectivity index (χ0v) is 37.0. The van der Waals surface area contributed by atoms with Crippen molar-refractivity contribution in [3.05, 3.63) is 0 Å². The number of aliphatic hydroxyl groups is 9. The maximum atomic E-state index is 12.4. The standard InChI is InChI=1S/C36H60N4O20S.Na/c41-12-16-22(45)29(59-35-28(51)30(23(46)17(13-42)57-35)58-34-26(49)24(47)25(48)31(60-34)32(52)53)27(50)33(56-16)55-11-10-38-20(44)7-2-1-5-9-37-19(43)8-4-3-6-18-21-15(14-61-18)39-36(54)40-21;/h15-18,21-31,33-35,41-42,45-51H,1-14H2,(H,37,43)(H,38,44)(H,52,53)(H2,39,40,54);/q;+1/p-1/t15-,16+,17+,18-,21-,22-,23-,24-,25-,26+,27+,28+,29-,30-,31-,33+,34+,35-;/m0./s1. The van der Waals surface area contributed by atoms with Crippen molar-refractivity contribution >= 4 is 35.6 Å². The molecular weight excluding hydrogens is 863 g/mol. The number of hydrogen-bond donors (Lipinski definition) is 13. The van der Waals surface area contributed by atoms with E-state index < -0.39 is 111 Å². The first-order chi connectivity index (χ1) is 29.1. The molecule has 0 spiro atoms. The number of fused-ring (bicyclic) bond motifs is 1. The van der Waals surface area contributed by atoms with Gasteiger partial charge < -0.3 is 106 Å². The zero-order chi connectivity index (χ0) is 44.4. The Labute approximate surface area is 382 Å². The summed E-state index contributed by atoms with van der Waals surface area (Å²) in [6.45, 7) is -1.56. The average Bonchev–Trinajstić information content (AvgIpc) is 3.79. The van der Waals surface area contributed by atoms with Gasteiger partial charge in [0.25, 0.3) is 0 Å². The Kier molecular flexibility index (Phi) is 21.7. The molecule has 5 heterocycles. The second-order valence-electron chi connectivity index (χ2n) is 15.5. The van der Waals surface area contributed by atoms with E-state index >= 15 is 0 Å². The van der Waals surface area contributed by atoms with Gasteiger partial charge in [-0.1, -0.05) is 12.8 Å². The van der Waals surface area contributed by atoms with E-state index in [2.05, 4.69) is 20.9 Å². The number of thioether (sulfide) groups is 1. The van der Waals surface area contributed by atoms with E-state index in [1.165, 1.54) is 0 Å². The molecule has 0 saturated carbocycles. The predicted molar refractivity (Wildman–Crippen MR) is 203 cm³/mol. The van der Waals surface area contributed by atoms with E-state index in [0.717, 1.165) is 25.0 Å². The number of nitrogens with zero attached hydrogens (tertiary/aromatic N) is 1. The van der Waals surface area contributed by atoms with Crippen LogP contribution in [-0.2, 0) is 38.0 Å². The minimum Gasteiger partial charge on any atom is -0.862 e. The summed E-state index contributed by atoms with van der Waals surface area (Å²) in [5.41, 5.74) is 0. The molecule has 0 unspecified atom stereocenters. The summed E-state index contributed by atoms with van der Waals surface area (Å²) >= 11 is 1.84. The van der Waals surface area contributed by atoms with Crippen LogP contribution in [-0.4, -0.2) is 223 Å². The molecule has 62 heavy (non-hydrogen) atoms. The van der Waals surface area contributed by atoms with Crippen LogP contribution < -0.4 is 50.6 Å². The Hall–Kier alpha value is -1.57. The number of carboxylic acids is 1. The van der Waals surface area contributed by atoms with Gasteiger partial charge in [0, 0.05) is 30.5 Å². The molecule has 5 fully saturated rings. The molecule has 0 aliphatic carbocycles. The van der Waals surface area contributed by atoms with Crippen LogP contribution in [0.3, 0.4) is 0 Å². The van der Waals surface area contributed by atoms with Gasteiger partial charge in [0.2, 0.25) is 5.91 Å². The summed E-state index contributed by atoms with van der Waals surface area (Å²) in [6.07, 6.45) is -23.0. The molecule has 350 valence electrons. The molecule has 13 N–H and O–H groups in total. The van der Waals surface area contributed by atoms with E-state index in [1.807, 2.05) is 11.8 Å². The summed E-state index contributed by atoms with van der Waals surface area (Å²) in [4.78, 5) is 39.6. The molecule has 18 atom stereocenters. The first-order valence-corrected chi connectivity index (χ1v) is 21.5. The fraction of sp³-hybridized carbons (Fsp3) is 0.889. The number of aliphatic imine (C=N–C) groups is 1. The van der Waals surface area contributed by atoms with Crippen LogP contribution in [0.1, 0.15) is 51.4 Å². The molecule has 0 aromatic heterocycles. The third-order valence-electron chi connectivity index (χ3n) is 11.2. The summed E-state index contributed by atoms with van der Waals surface area (Å²) in [6, 6.07) is 0.196. The number of urea groups is 1. The van der Waals surface area contributed by atoms with Crippen LogP contribution >= 0.6 is 11.8 Å². The molecule has 3 amide bonds. The molecule has 24 nitrogen and oxygen atoms in total. The van der Waals surface area contributed by atoms with Gasteiger partial charge >= 0.3 is 41.6 Å². The molecule has 0 aromatic carbocycles. The van der Waals surface area contributed by atoms with Gasteiger partial charge in [-0.25, -0.2) is 9.59 Å². The summed E-state index contributed by atoms with van der Waals surface area (Å²) in [5, 5.41) is 125. The van der Waals surface area contributed by atoms with Crippen molar-refractivity contribution in [2.24, 2.45) is 4.99 Å². The van der Waals surface area contributed by atoms with Gasteiger partial charge in [-0.15, -0.1) is 0 Å². The van der Waals surface area contributed by atoms with E-state index in [4.69, 9.17) is 28.4 Å². The molecular formula is C36H59N4NaO20S. The quantitative estimate of drug-likeness (QED) is 0.0158. The smallest absolute Gasteiger partial charge is 0.862 e. The number of aliphatic hydroxyl groups excluding tert-OH is 9. The van der Waals surface area contributed by atoms with Gasteiger partial charge in [0.15, 0.2) is 25.0 Å². The number of unbranched alkanes of at least 4 members (excludes halogenated alkanes) is 3. The second-order valence-corrected chi connectivity index (χ2v) is 16.8. The predicted octanol–water partition coefficient (Wildman–Crippen LogP) is -9.29. The number of carbonyl (C=O) groups excluding carboxylic acids is 2. The maximum absolute atomic E-state index is 12.4. The third-order valence-corrected chi connectivity index (χ3v) is 12.7. The molecule has 0 radical (unpaired) electrons. The largest absolute Gasteiger partial charge is 1.00 e. The van der Waals surface area contributed by atoms with Crippen LogP contribution in [0.5, 0.6) is 0 Å². The normalized spacial score (nSPS) is 39.6. The van der Waals surface area contributed by atoms with Crippen molar-refractivity contribution in [1.82, 2.24) is 16.0 Å². The topological polar surface area (TPSA) is 380 Å². The first-order valence-electron chi connectivity index (χ1n) is 20.4. The number of ether oxygens (including phenoxy) is 6. The van der Waals surface area contributed by atoms with Crippen molar-refractivity contribution in [2.45, 2.75) is 161 Å². The SMILES string of the molecule is O=C(CCCCCN=C([O-])CCCC[C@@H]1SC[C@@H]2NC(=O)N[C@@H]21)NCCO[C@@H]1O[C@H](CO)[C@H](O)[C@H](O[C@@H]2O[C@H](CO)[C@H](O)[C@H](O[C@@H]3O[C@H](C(=O)O)[C@@H](O)[C@H](O)[C@H]3O)[C@H]2O)[C@H]1O.[Na+]. The van der Waals surface area contributed by atoms with Gasteiger partial charge in [-0.3, -0.25) is 4.79 Å². The fourth-order valence-electron chi connectivity index (χ4n) is 7.73. The van der Waals surface area contributed by atoms with Crippen molar-refractivity contribution < 1.29 is 129 Å². The van der Waals surface area contributed by atoms with E-state index in [-0.39, 0.29) is 79.0 Å². The number of hydrogen-bond acceptors (Lipinski definition) is 21. The summed E-state index contributed by atoms with van der Waals surface area (Å²) < 4.78 is 32.7. The van der Waals surface area contributed by atoms with Crippen molar-refractivity contribution in [3.63, 3.8) is 0 Å². The monoisotopic (exact) mass is 922 g/mol. The van der Waals surface area contributed by atoms with Gasteiger partial charge in [0.1, 0.15) is 67.1 Å². The fourth-order valence-corrected chi connectivity index (χ4v) is 9.27. The maximum Gasteiger partial charge on any atom is 1.00 e. The molecule has 5 rings (SSSR count).